The summed E-state index contributed by atoms with van der Waals surface area (Å²) in [6.07, 6.45) is 1.11. The van der Waals surface area contributed by atoms with Crippen LogP contribution in [0.1, 0.15) is 19.4 Å². The van der Waals surface area contributed by atoms with Crippen LogP contribution in [0, 0.1) is 5.92 Å². The van der Waals surface area contributed by atoms with Crippen LogP contribution in [0.4, 0.5) is 5.69 Å². The summed E-state index contributed by atoms with van der Waals surface area (Å²) in [6, 6.07) is 7.08. The van der Waals surface area contributed by atoms with E-state index in [-0.39, 0.29) is 18.4 Å². The van der Waals surface area contributed by atoms with Gasteiger partial charge in [0.1, 0.15) is 0 Å². The average molecular weight is 270 g/mol. The summed E-state index contributed by atoms with van der Waals surface area (Å²) < 4.78 is 24.4. The second kappa shape index (κ2) is 5.97. The molecule has 5 nitrogen and oxygen atoms in total. The van der Waals surface area contributed by atoms with Crippen LogP contribution in [-0.4, -0.2) is 20.6 Å². The third-order valence-electron chi connectivity index (χ3n) is 2.26. The average Bonchev–Trinajstić information content (AvgIpc) is 2.26. The first-order valence-corrected chi connectivity index (χ1v) is 7.51. The van der Waals surface area contributed by atoms with Crippen molar-refractivity contribution in [1.82, 2.24) is 4.72 Å². The van der Waals surface area contributed by atoms with E-state index in [0.717, 1.165) is 11.8 Å². The molecule has 0 unspecified atom stereocenters. The highest BCUT2D eigenvalue weighted by Crippen LogP contribution is 2.12. The highest BCUT2D eigenvalue weighted by Gasteiger charge is 2.07. The molecule has 6 heteroatoms. The van der Waals surface area contributed by atoms with Gasteiger partial charge in [-0.25, -0.2) is 13.1 Å². The van der Waals surface area contributed by atoms with Gasteiger partial charge in [-0.15, -0.1) is 0 Å². The van der Waals surface area contributed by atoms with Gasteiger partial charge in [0.25, 0.3) is 0 Å². The zero-order valence-electron chi connectivity index (χ0n) is 10.7. The Kier molecular flexibility index (Phi) is 4.86. The molecule has 0 aliphatic carbocycles. The lowest BCUT2D eigenvalue weighted by Crippen LogP contribution is -2.21. The Morgan fingerprint density at radius 3 is 2.56 bits per heavy atom. The fourth-order valence-corrected chi connectivity index (χ4v) is 1.69. The number of hydrogen-bond acceptors (Lipinski definition) is 3. The van der Waals surface area contributed by atoms with E-state index in [2.05, 4.69) is 10.0 Å². The Hall–Kier alpha value is -1.40. The van der Waals surface area contributed by atoms with Gasteiger partial charge in [-0.3, -0.25) is 4.79 Å². The Morgan fingerprint density at radius 2 is 2.00 bits per heavy atom. The number of nitrogens with one attached hydrogen (secondary N) is 2. The van der Waals surface area contributed by atoms with Gasteiger partial charge in [0.05, 0.1) is 6.26 Å². The predicted octanol–water partition coefficient (Wildman–Crippen LogP) is 1.33. The van der Waals surface area contributed by atoms with Gasteiger partial charge in [-0.1, -0.05) is 26.0 Å². The first kappa shape index (κ1) is 14.7. The highest BCUT2D eigenvalue weighted by atomic mass is 32.2. The molecule has 0 saturated carbocycles. The molecule has 1 amide bonds. The highest BCUT2D eigenvalue weighted by molar-refractivity contribution is 7.88. The van der Waals surface area contributed by atoms with Crippen molar-refractivity contribution in [2.75, 3.05) is 11.6 Å². The molecule has 100 valence electrons. The molecule has 0 saturated heterocycles. The third kappa shape index (κ3) is 5.29. The topological polar surface area (TPSA) is 75.3 Å². The Labute approximate surface area is 108 Å². The van der Waals surface area contributed by atoms with Gasteiger partial charge in [0.15, 0.2) is 0 Å². The second-order valence-corrected chi connectivity index (χ2v) is 6.27. The van der Waals surface area contributed by atoms with Gasteiger partial charge in [0.2, 0.25) is 15.9 Å². The van der Waals surface area contributed by atoms with Gasteiger partial charge in [-0.05, 0) is 17.7 Å². The number of sulfonamides is 1. The van der Waals surface area contributed by atoms with Crippen molar-refractivity contribution < 1.29 is 13.2 Å². The van der Waals surface area contributed by atoms with E-state index in [4.69, 9.17) is 0 Å². The van der Waals surface area contributed by atoms with Crippen molar-refractivity contribution in [3.63, 3.8) is 0 Å². The molecule has 18 heavy (non-hydrogen) atoms. The molecule has 1 aromatic rings. The minimum atomic E-state index is -3.21. The van der Waals surface area contributed by atoms with Crippen LogP contribution in [0.25, 0.3) is 0 Å². The molecule has 0 atom stereocenters. The molecule has 0 aliphatic rings. The SMILES string of the molecule is CC(C)C(=O)Nc1cccc(CNS(C)(=O)=O)c1. The lowest BCUT2D eigenvalue weighted by molar-refractivity contribution is -0.118. The molecule has 1 rings (SSSR count). The molecule has 0 bridgehead atoms. The number of rotatable bonds is 5. The summed E-state index contributed by atoms with van der Waals surface area (Å²) in [4.78, 5) is 11.5. The fourth-order valence-electron chi connectivity index (χ4n) is 1.26. The van der Waals surface area contributed by atoms with E-state index in [9.17, 15) is 13.2 Å². The van der Waals surface area contributed by atoms with E-state index in [0.29, 0.717) is 5.69 Å². The van der Waals surface area contributed by atoms with Crippen LogP contribution in [0.3, 0.4) is 0 Å². The van der Waals surface area contributed by atoms with Crippen molar-refractivity contribution in [3.05, 3.63) is 29.8 Å². The summed E-state index contributed by atoms with van der Waals surface area (Å²) in [5.41, 5.74) is 1.46. The molecule has 0 spiro atoms. The van der Waals surface area contributed by atoms with Gasteiger partial charge >= 0.3 is 0 Å². The molecular weight excluding hydrogens is 252 g/mol. The summed E-state index contributed by atoms with van der Waals surface area (Å²) in [5, 5.41) is 2.76. The number of anilines is 1. The van der Waals surface area contributed by atoms with E-state index in [1.165, 1.54) is 0 Å². The van der Waals surface area contributed by atoms with Crippen LogP contribution in [0.15, 0.2) is 24.3 Å². The van der Waals surface area contributed by atoms with Crippen LogP contribution >= 0.6 is 0 Å². The molecule has 0 aromatic heterocycles. The van der Waals surface area contributed by atoms with Gasteiger partial charge in [0, 0.05) is 18.2 Å². The minimum Gasteiger partial charge on any atom is -0.326 e. The van der Waals surface area contributed by atoms with Crippen LogP contribution in [-0.2, 0) is 21.4 Å². The maximum Gasteiger partial charge on any atom is 0.226 e. The van der Waals surface area contributed by atoms with Crippen molar-refractivity contribution >= 4 is 21.6 Å². The molecule has 0 radical (unpaired) electrons. The molecule has 0 aliphatic heterocycles. The van der Waals surface area contributed by atoms with E-state index in [1.54, 1.807) is 24.3 Å². The Morgan fingerprint density at radius 1 is 1.33 bits per heavy atom. The van der Waals surface area contributed by atoms with Crippen LogP contribution < -0.4 is 10.0 Å². The first-order chi connectivity index (χ1) is 8.28. The standard InChI is InChI=1S/C12H18N2O3S/c1-9(2)12(15)14-11-6-4-5-10(7-11)8-13-18(3,16)17/h4-7,9,13H,8H2,1-3H3,(H,14,15). The largest absolute Gasteiger partial charge is 0.326 e. The zero-order chi connectivity index (χ0) is 13.8. The van der Waals surface area contributed by atoms with Crippen molar-refractivity contribution in [1.29, 1.82) is 0 Å². The normalized spacial score (nSPS) is 11.6. The predicted molar refractivity (Wildman–Crippen MR) is 71.6 cm³/mol. The first-order valence-electron chi connectivity index (χ1n) is 5.62. The summed E-state index contributed by atoms with van der Waals surface area (Å²) in [5.74, 6) is -0.161. The lowest BCUT2D eigenvalue weighted by Gasteiger charge is -2.09. The maximum atomic E-state index is 11.5. The maximum absolute atomic E-state index is 11.5. The van der Waals surface area contributed by atoms with E-state index >= 15 is 0 Å². The summed E-state index contributed by atoms with van der Waals surface area (Å²) in [6.45, 7) is 3.83. The number of carbonyl (C=O) groups excluding carboxylic acids is 1. The number of amides is 1. The van der Waals surface area contributed by atoms with Crippen molar-refractivity contribution in [3.8, 4) is 0 Å². The van der Waals surface area contributed by atoms with E-state index in [1.807, 2.05) is 13.8 Å². The van der Waals surface area contributed by atoms with Crippen LogP contribution in [0.2, 0.25) is 0 Å². The van der Waals surface area contributed by atoms with Crippen LogP contribution in [0.5, 0.6) is 0 Å². The summed E-state index contributed by atoms with van der Waals surface area (Å²) in [7, 11) is -3.21. The molecule has 2 N–H and O–H groups in total. The zero-order valence-corrected chi connectivity index (χ0v) is 11.5. The van der Waals surface area contributed by atoms with Gasteiger partial charge < -0.3 is 5.32 Å². The molecular formula is C12H18N2O3S. The smallest absolute Gasteiger partial charge is 0.226 e. The Bertz CT molecular complexity index is 524. The number of benzene rings is 1. The molecule has 0 fully saturated rings. The lowest BCUT2D eigenvalue weighted by atomic mass is 10.1. The minimum absolute atomic E-state index is 0.0665. The molecule has 1 aromatic carbocycles. The van der Waals surface area contributed by atoms with Crippen molar-refractivity contribution in [2.45, 2.75) is 20.4 Å². The second-order valence-electron chi connectivity index (χ2n) is 4.44. The van der Waals surface area contributed by atoms with Gasteiger partial charge in [-0.2, -0.15) is 0 Å². The fraction of sp³-hybridized carbons (Fsp3) is 0.417. The molecule has 0 heterocycles. The van der Waals surface area contributed by atoms with Crippen molar-refractivity contribution in [2.24, 2.45) is 5.92 Å². The van der Waals surface area contributed by atoms with E-state index < -0.39 is 10.0 Å². The quantitative estimate of drug-likeness (QED) is 0.847. The number of carbonyl (C=O) groups is 1. The number of hydrogen-bond donors (Lipinski definition) is 2. The third-order valence-corrected chi connectivity index (χ3v) is 2.93. The Balaban J connectivity index is 2.71. The summed E-state index contributed by atoms with van der Waals surface area (Å²) >= 11 is 0. The monoisotopic (exact) mass is 270 g/mol.